The van der Waals surface area contributed by atoms with Gasteiger partial charge < -0.3 is 10.2 Å². The van der Waals surface area contributed by atoms with Gasteiger partial charge in [-0.15, -0.1) is 0 Å². The van der Waals surface area contributed by atoms with E-state index in [1.165, 1.54) is 5.56 Å². The minimum atomic E-state index is -0.409. The first-order valence-corrected chi connectivity index (χ1v) is 5.07. The minimum Gasteiger partial charge on any atom is -0.395 e. The summed E-state index contributed by atoms with van der Waals surface area (Å²) in [7, 11) is 0. The molecule has 0 aromatic heterocycles. The predicted molar refractivity (Wildman–Crippen MR) is 55.1 cm³/mol. The Morgan fingerprint density at radius 1 is 1.29 bits per heavy atom. The molecule has 1 aliphatic rings. The molecular weight excluding hydrogens is 176 g/mol. The molecular formula is C12H16O2. The van der Waals surface area contributed by atoms with Crippen molar-refractivity contribution in [2.24, 2.45) is 0 Å². The smallest absolute Gasteiger partial charge is 0.0761 e. The van der Waals surface area contributed by atoms with E-state index in [0.717, 1.165) is 18.4 Å². The molecule has 1 aliphatic carbocycles. The van der Waals surface area contributed by atoms with Gasteiger partial charge in [-0.25, -0.2) is 0 Å². The van der Waals surface area contributed by atoms with E-state index in [2.05, 4.69) is 0 Å². The Morgan fingerprint density at radius 3 is 2.21 bits per heavy atom. The fraction of sp³-hybridized carbons (Fsp3) is 0.500. The predicted octanol–water partition coefficient (Wildman–Crippen LogP) is 1.76. The van der Waals surface area contributed by atoms with Gasteiger partial charge in [0, 0.05) is 5.41 Å². The summed E-state index contributed by atoms with van der Waals surface area (Å²) in [6.07, 6.45) is 1.75. The monoisotopic (exact) mass is 192 g/mol. The first-order chi connectivity index (χ1) is 6.68. The van der Waals surface area contributed by atoms with Gasteiger partial charge in [0.15, 0.2) is 0 Å². The number of benzene rings is 1. The topological polar surface area (TPSA) is 40.5 Å². The zero-order chi connectivity index (χ0) is 10.2. The number of rotatable bonds is 3. The third-order valence-corrected chi connectivity index (χ3v) is 3.16. The second-order valence-electron chi connectivity index (χ2n) is 4.24. The normalized spacial score (nSPS) is 20.5. The highest BCUT2D eigenvalue weighted by molar-refractivity contribution is 5.34. The van der Waals surface area contributed by atoms with Crippen LogP contribution in [0.15, 0.2) is 24.3 Å². The molecule has 14 heavy (non-hydrogen) atoms. The van der Waals surface area contributed by atoms with Gasteiger partial charge in [0.2, 0.25) is 0 Å². The van der Waals surface area contributed by atoms with Crippen LogP contribution in [0.4, 0.5) is 0 Å². The molecule has 1 fully saturated rings. The van der Waals surface area contributed by atoms with Crippen LogP contribution >= 0.6 is 0 Å². The number of hydrogen-bond acceptors (Lipinski definition) is 2. The molecule has 2 heteroatoms. The van der Waals surface area contributed by atoms with E-state index >= 15 is 0 Å². The van der Waals surface area contributed by atoms with E-state index in [1.54, 1.807) is 6.92 Å². The lowest BCUT2D eigenvalue weighted by atomic mass is 9.95. The molecule has 0 spiro atoms. The van der Waals surface area contributed by atoms with Crippen molar-refractivity contribution < 1.29 is 10.2 Å². The average Bonchev–Trinajstić information content (AvgIpc) is 2.99. The Hall–Kier alpha value is -0.860. The highest BCUT2D eigenvalue weighted by atomic mass is 16.3. The Kier molecular flexibility index (Phi) is 2.33. The standard InChI is InChI=1S/C12H16O2/c1-9(14)10-2-4-11(5-3-10)12(8-13)6-7-12/h2-5,9,13-14H,6-8H2,1H3. The lowest BCUT2D eigenvalue weighted by Gasteiger charge is -2.13. The summed E-state index contributed by atoms with van der Waals surface area (Å²) < 4.78 is 0. The molecule has 0 bridgehead atoms. The molecule has 2 nitrogen and oxygen atoms in total. The maximum absolute atomic E-state index is 9.34. The van der Waals surface area contributed by atoms with Gasteiger partial charge >= 0.3 is 0 Å². The molecule has 2 N–H and O–H groups in total. The molecule has 0 heterocycles. The molecule has 2 rings (SSSR count). The van der Waals surface area contributed by atoms with E-state index in [-0.39, 0.29) is 12.0 Å². The van der Waals surface area contributed by atoms with Crippen molar-refractivity contribution >= 4 is 0 Å². The van der Waals surface area contributed by atoms with Gasteiger partial charge in [-0.2, -0.15) is 0 Å². The van der Waals surface area contributed by atoms with E-state index in [0.29, 0.717) is 0 Å². The van der Waals surface area contributed by atoms with E-state index < -0.39 is 6.10 Å². The van der Waals surface area contributed by atoms with Crippen LogP contribution in [0, 0.1) is 0 Å². The fourth-order valence-corrected chi connectivity index (χ4v) is 1.80. The van der Waals surface area contributed by atoms with Crippen molar-refractivity contribution in [3.8, 4) is 0 Å². The molecule has 1 saturated carbocycles. The zero-order valence-corrected chi connectivity index (χ0v) is 8.40. The molecule has 0 radical (unpaired) electrons. The van der Waals surface area contributed by atoms with E-state index in [9.17, 15) is 10.2 Å². The Balaban J connectivity index is 2.22. The maximum atomic E-state index is 9.34. The van der Waals surface area contributed by atoms with Gasteiger partial charge in [0.1, 0.15) is 0 Å². The lowest BCUT2D eigenvalue weighted by molar-refractivity contribution is 0.199. The summed E-state index contributed by atoms with van der Waals surface area (Å²) in [4.78, 5) is 0. The second-order valence-corrected chi connectivity index (χ2v) is 4.24. The highest BCUT2D eigenvalue weighted by Gasteiger charge is 2.43. The summed E-state index contributed by atoms with van der Waals surface area (Å²) in [5.74, 6) is 0. The van der Waals surface area contributed by atoms with Gasteiger partial charge in [-0.1, -0.05) is 24.3 Å². The van der Waals surface area contributed by atoms with Crippen LogP contribution < -0.4 is 0 Å². The Morgan fingerprint density at radius 2 is 1.86 bits per heavy atom. The van der Waals surface area contributed by atoms with Crippen LogP contribution in [0.3, 0.4) is 0 Å². The van der Waals surface area contributed by atoms with Crippen molar-refractivity contribution in [1.29, 1.82) is 0 Å². The summed E-state index contributed by atoms with van der Waals surface area (Å²) in [6.45, 7) is 2.00. The summed E-state index contributed by atoms with van der Waals surface area (Å²) in [6, 6.07) is 7.92. The summed E-state index contributed by atoms with van der Waals surface area (Å²) >= 11 is 0. The van der Waals surface area contributed by atoms with Crippen LogP contribution in [-0.4, -0.2) is 16.8 Å². The van der Waals surface area contributed by atoms with Crippen LogP contribution in [-0.2, 0) is 5.41 Å². The maximum Gasteiger partial charge on any atom is 0.0761 e. The summed E-state index contributed by atoms with van der Waals surface area (Å²) in [5.41, 5.74) is 2.17. The molecule has 1 aromatic rings. The van der Waals surface area contributed by atoms with Gasteiger partial charge in [0.25, 0.3) is 0 Å². The Labute approximate surface area is 84.2 Å². The number of hydrogen-bond donors (Lipinski definition) is 2. The van der Waals surface area contributed by atoms with Crippen molar-refractivity contribution in [3.63, 3.8) is 0 Å². The quantitative estimate of drug-likeness (QED) is 0.766. The van der Waals surface area contributed by atoms with E-state index in [4.69, 9.17) is 0 Å². The SMILES string of the molecule is CC(O)c1ccc(C2(CO)CC2)cc1. The molecule has 1 atom stereocenters. The third-order valence-electron chi connectivity index (χ3n) is 3.16. The molecule has 0 amide bonds. The second kappa shape index (κ2) is 3.37. The van der Waals surface area contributed by atoms with Crippen LogP contribution in [0.1, 0.15) is 37.0 Å². The lowest BCUT2D eigenvalue weighted by Crippen LogP contribution is -2.11. The average molecular weight is 192 g/mol. The molecule has 1 unspecified atom stereocenters. The molecule has 0 saturated heterocycles. The molecule has 1 aromatic carbocycles. The van der Waals surface area contributed by atoms with Crippen molar-refractivity contribution in [3.05, 3.63) is 35.4 Å². The zero-order valence-electron chi connectivity index (χ0n) is 8.40. The van der Waals surface area contributed by atoms with Gasteiger partial charge in [-0.05, 0) is 30.9 Å². The van der Waals surface area contributed by atoms with Crippen molar-refractivity contribution in [2.75, 3.05) is 6.61 Å². The molecule has 76 valence electrons. The highest BCUT2D eigenvalue weighted by Crippen LogP contribution is 2.47. The van der Waals surface area contributed by atoms with E-state index in [1.807, 2.05) is 24.3 Å². The summed E-state index contributed by atoms with van der Waals surface area (Å²) in [5, 5.41) is 18.6. The van der Waals surface area contributed by atoms with Crippen LogP contribution in [0.2, 0.25) is 0 Å². The first-order valence-electron chi connectivity index (χ1n) is 5.07. The first kappa shape index (κ1) is 9.69. The van der Waals surface area contributed by atoms with Crippen molar-refractivity contribution in [1.82, 2.24) is 0 Å². The number of aliphatic hydroxyl groups excluding tert-OH is 2. The Bertz CT molecular complexity index is 310. The van der Waals surface area contributed by atoms with Crippen LogP contribution in [0.25, 0.3) is 0 Å². The van der Waals surface area contributed by atoms with Crippen LogP contribution in [0.5, 0.6) is 0 Å². The fourth-order valence-electron chi connectivity index (χ4n) is 1.80. The largest absolute Gasteiger partial charge is 0.395 e. The minimum absolute atomic E-state index is 0.0389. The van der Waals surface area contributed by atoms with Gasteiger partial charge in [0.05, 0.1) is 12.7 Å². The number of aliphatic hydroxyl groups is 2. The molecule has 0 aliphatic heterocycles. The third kappa shape index (κ3) is 1.56. The van der Waals surface area contributed by atoms with Gasteiger partial charge in [-0.3, -0.25) is 0 Å². The van der Waals surface area contributed by atoms with Crippen molar-refractivity contribution in [2.45, 2.75) is 31.3 Å².